The zero-order chi connectivity index (χ0) is 24.9. The van der Waals surface area contributed by atoms with Crippen molar-refractivity contribution in [1.82, 2.24) is 14.0 Å². The number of amides is 1. The Labute approximate surface area is 202 Å². The van der Waals surface area contributed by atoms with Gasteiger partial charge in [0.2, 0.25) is 0 Å². The molecule has 1 fully saturated rings. The summed E-state index contributed by atoms with van der Waals surface area (Å²) >= 11 is 0. The Balaban J connectivity index is 1.81. The van der Waals surface area contributed by atoms with Crippen LogP contribution in [0.25, 0.3) is 27.4 Å². The molecule has 35 heavy (non-hydrogen) atoms. The van der Waals surface area contributed by atoms with Crippen LogP contribution in [-0.4, -0.2) is 47.3 Å². The number of methoxy groups -OCH3 is 2. The largest absolute Gasteiger partial charge is 0.493 e. The van der Waals surface area contributed by atoms with Crippen molar-refractivity contribution in [2.24, 2.45) is 7.05 Å². The molecule has 7 nitrogen and oxygen atoms in total. The Kier molecular flexibility index (Phi) is 5.75. The summed E-state index contributed by atoms with van der Waals surface area (Å²) in [4.78, 5) is 29.1. The van der Waals surface area contributed by atoms with E-state index in [1.54, 1.807) is 35.2 Å². The summed E-state index contributed by atoms with van der Waals surface area (Å²) < 4.78 is 29.8. The van der Waals surface area contributed by atoms with Crippen molar-refractivity contribution in [3.8, 4) is 17.2 Å². The summed E-state index contributed by atoms with van der Waals surface area (Å²) in [5.74, 6) is 0.0789. The number of fused-ring (bicyclic) bond motifs is 2. The van der Waals surface area contributed by atoms with E-state index in [4.69, 9.17) is 9.47 Å². The van der Waals surface area contributed by atoms with Crippen molar-refractivity contribution < 1.29 is 18.7 Å². The zero-order valence-electron chi connectivity index (χ0n) is 20.4. The van der Waals surface area contributed by atoms with Crippen LogP contribution in [0, 0.1) is 12.7 Å². The zero-order valence-corrected chi connectivity index (χ0v) is 20.4. The topological polar surface area (TPSA) is 65.7 Å². The van der Waals surface area contributed by atoms with Crippen LogP contribution in [0.2, 0.25) is 0 Å². The van der Waals surface area contributed by atoms with E-state index in [9.17, 15) is 9.59 Å². The van der Waals surface area contributed by atoms with Gasteiger partial charge in [-0.3, -0.25) is 14.2 Å². The maximum Gasteiger partial charge on any atom is 0.263 e. The Morgan fingerprint density at radius 1 is 0.943 bits per heavy atom. The number of ether oxygens (including phenoxy) is 2. The van der Waals surface area contributed by atoms with Crippen molar-refractivity contribution in [1.29, 1.82) is 0 Å². The molecule has 8 heteroatoms. The molecule has 1 amide bonds. The molecule has 1 aliphatic rings. The first-order valence-corrected chi connectivity index (χ1v) is 11.7. The van der Waals surface area contributed by atoms with E-state index in [2.05, 4.69) is 0 Å². The fraction of sp³-hybridized carbons (Fsp3) is 0.333. The average Bonchev–Trinajstić information content (AvgIpc) is 3.18. The lowest BCUT2D eigenvalue weighted by Gasteiger charge is -2.27. The summed E-state index contributed by atoms with van der Waals surface area (Å²) in [6, 6.07) is 8.34. The van der Waals surface area contributed by atoms with E-state index in [-0.39, 0.29) is 17.0 Å². The third-order valence-electron chi connectivity index (χ3n) is 7.03. The van der Waals surface area contributed by atoms with Crippen molar-refractivity contribution in [3.05, 3.63) is 64.0 Å². The molecular formula is C27H28FN3O4. The third kappa shape index (κ3) is 3.64. The van der Waals surface area contributed by atoms with Gasteiger partial charge in [-0.05, 0) is 56.5 Å². The molecule has 0 radical (unpaired) electrons. The number of halogens is 1. The number of benzene rings is 2. The number of hydrogen-bond donors (Lipinski definition) is 0. The van der Waals surface area contributed by atoms with Gasteiger partial charge in [-0.2, -0.15) is 0 Å². The maximum absolute atomic E-state index is 15.8. The highest BCUT2D eigenvalue weighted by atomic mass is 19.1. The van der Waals surface area contributed by atoms with Crippen LogP contribution in [0.3, 0.4) is 0 Å². The Morgan fingerprint density at radius 3 is 2.26 bits per heavy atom. The molecule has 4 aromatic rings. The maximum atomic E-state index is 15.8. The monoisotopic (exact) mass is 477 g/mol. The van der Waals surface area contributed by atoms with Gasteiger partial charge < -0.3 is 18.9 Å². The van der Waals surface area contributed by atoms with E-state index >= 15 is 4.39 Å². The van der Waals surface area contributed by atoms with Crippen LogP contribution in [0.15, 0.2) is 41.3 Å². The highest BCUT2D eigenvalue weighted by molar-refractivity contribution is 6.07. The second-order valence-corrected chi connectivity index (χ2v) is 9.00. The van der Waals surface area contributed by atoms with Gasteiger partial charge in [-0.25, -0.2) is 4.39 Å². The summed E-state index contributed by atoms with van der Waals surface area (Å²) in [7, 11) is 4.85. The van der Waals surface area contributed by atoms with Gasteiger partial charge in [0.25, 0.3) is 11.5 Å². The van der Waals surface area contributed by atoms with Crippen LogP contribution < -0.4 is 15.0 Å². The molecule has 182 valence electrons. The second-order valence-electron chi connectivity index (χ2n) is 9.00. The number of carbonyl (C=O) groups is 1. The number of pyridine rings is 1. The number of likely N-dealkylation sites (tertiary alicyclic amines) is 1. The molecule has 5 rings (SSSR count). The van der Waals surface area contributed by atoms with Crippen LogP contribution in [0.4, 0.5) is 4.39 Å². The van der Waals surface area contributed by atoms with Crippen molar-refractivity contribution >= 4 is 27.6 Å². The van der Waals surface area contributed by atoms with Crippen molar-refractivity contribution in [2.75, 3.05) is 27.3 Å². The summed E-state index contributed by atoms with van der Waals surface area (Å²) in [6.07, 6.45) is 4.41. The summed E-state index contributed by atoms with van der Waals surface area (Å²) in [6.45, 7) is 3.20. The Morgan fingerprint density at radius 2 is 1.60 bits per heavy atom. The Bertz CT molecular complexity index is 1530. The van der Waals surface area contributed by atoms with E-state index in [0.29, 0.717) is 40.9 Å². The molecule has 0 bridgehead atoms. The molecule has 1 aliphatic heterocycles. The lowest BCUT2D eigenvalue weighted by molar-refractivity contribution is 0.0725. The van der Waals surface area contributed by atoms with E-state index < -0.39 is 11.4 Å². The minimum atomic E-state index is -0.510. The molecule has 0 N–H and O–H groups in total. The van der Waals surface area contributed by atoms with Crippen LogP contribution >= 0.6 is 0 Å². The molecule has 0 spiro atoms. The lowest BCUT2D eigenvalue weighted by Crippen LogP contribution is -2.36. The standard InChI is InChI=1S/C27H28FN3O4/c1-16-12-19-21(29(16)2)8-9-22(25(19)28)31-15-20(26(32)30-10-6-5-7-11-30)17-13-23(34-3)24(35-4)14-18(17)27(31)33/h8-9,12-15H,5-7,10-11H2,1-4H3. The fourth-order valence-corrected chi connectivity index (χ4v) is 4.97. The number of aromatic nitrogens is 2. The molecule has 2 aromatic carbocycles. The number of aryl methyl sites for hydroxylation is 2. The average molecular weight is 478 g/mol. The number of rotatable bonds is 4. The number of carbonyl (C=O) groups excluding carboxylic acids is 1. The van der Waals surface area contributed by atoms with Gasteiger partial charge in [0.05, 0.1) is 36.4 Å². The van der Waals surface area contributed by atoms with Crippen molar-refractivity contribution in [3.63, 3.8) is 0 Å². The smallest absolute Gasteiger partial charge is 0.263 e. The minimum Gasteiger partial charge on any atom is -0.493 e. The van der Waals surface area contributed by atoms with Crippen LogP contribution in [0.5, 0.6) is 11.5 Å². The SMILES string of the molecule is COc1cc2c(C(=O)N3CCCCC3)cn(-c3ccc4c(cc(C)n4C)c3F)c(=O)c2cc1OC. The molecule has 2 aromatic heterocycles. The first kappa shape index (κ1) is 23.0. The molecule has 0 unspecified atom stereocenters. The van der Waals surface area contributed by atoms with Crippen LogP contribution in [0.1, 0.15) is 35.3 Å². The van der Waals surface area contributed by atoms with E-state index in [1.807, 2.05) is 18.5 Å². The van der Waals surface area contributed by atoms with E-state index in [1.165, 1.54) is 25.0 Å². The highest BCUT2D eigenvalue weighted by Crippen LogP contribution is 2.34. The fourth-order valence-electron chi connectivity index (χ4n) is 4.97. The molecule has 1 saturated heterocycles. The molecule has 0 saturated carbocycles. The van der Waals surface area contributed by atoms with Gasteiger partial charge in [-0.1, -0.05) is 0 Å². The third-order valence-corrected chi connectivity index (χ3v) is 7.03. The predicted molar refractivity (Wildman–Crippen MR) is 134 cm³/mol. The highest BCUT2D eigenvalue weighted by Gasteiger charge is 2.25. The molecule has 3 heterocycles. The quantitative estimate of drug-likeness (QED) is 0.432. The summed E-state index contributed by atoms with van der Waals surface area (Å²) in [5, 5.41) is 1.14. The van der Waals surface area contributed by atoms with Gasteiger partial charge in [-0.15, -0.1) is 0 Å². The summed E-state index contributed by atoms with van der Waals surface area (Å²) in [5.41, 5.74) is 1.61. The molecular weight excluding hydrogens is 449 g/mol. The normalized spacial score (nSPS) is 14.0. The van der Waals surface area contributed by atoms with E-state index in [0.717, 1.165) is 30.5 Å². The number of hydrogen-bond acceptors (Lipinski definition) is 4. The second kappa shape index (κ2) is 8.76. The van der Waals surface area contributed by atoms with Gasteiger partial charge in [0.15, 0.2) is 17.3 Å². The first-order valence-electron chi connectivity index (χ1n) is 11.7. The predicted octanol–water partition coefficient (Wildman–Crippen LogP) is 4.57. The van der Waals surface area contributed by atoms with Crippen LogP contribution in [-0.2, 0) is 7.05 Å². The lowest BCUT2D eigenvalue weighted by atomic mass is 10.0. The van der Waals surface area contributed by atoms with Crippen molar-refractivity contribution in [2.45, 2.75) is 26.2 Å². The minimum absolute atomic E-state index is 0.0949. The Hall–Kier alpha value is -3.81. The first-order chi connectivity index (χ1) is 16.8. The molecule has 0 aliphatic carbocycles. The van der Waals surface area contributed by atoms with Gasteiger partial charge in [0.1, 0.15) is 0 Å². The number of nitrogens with zero attached hydrogens (tertiary/aromatic N) is 3. The number of piperidine rings is 1. The van der Waals surface area contributed by atoms with Gasteiger partial charge in [0, 0.05) is 42.8 Å². The molecule has 0 atom stereocenters. The van der Waals surface area contributed by atoms with Gasteiger partial charge >= 0.3 is 0 Å².